The van der Waals surface area contributed by atoms with E-state index in [1.807, 2.05) is 24.3 Å². The summed E-state index contributed by atoms with van der Waals surface area (Å²) >= 11 is 0. The summed E-state index contributed by atoms with van der Waals surface area (Å²) in [7, 11) is 0. The average molecular weight is 276 g/mol. The lowest BCUT2D eigenvalue weighted by Crippen LogP contribution is -2.37. The first kappa shape index (κ1) is 14.9. The van der Waals surface area contributed by atoms with Crippen LogP contribution in [-0.4, -0.2) is 25.6 Å². The van der Waals surface area contributed by atoms with Crippen molar-refractivity contribution in [3.05, 3.63) is 24.3 Å². The van der Waals surface area contributed by atoms with Crippen molar-refractivity contribution in [1.82, 2.24) is 5.32 Å². The Morgan fingerprint density at radius 2 is 2.35 bits per heavy atom. The predicted octanol–water partition coefficient (Wildman–Crippen LogP) is 2.66. The fourth-order valence-electron chi connectivity index (χ4n) is 2.25. The zero-order valence-electron chi connectivity index (χ0n) is 12.3. The molecule has 0 bridgehead atoms. The third-order valence-electron chi connectivity index (χ3n) is 3.35. The second kappa shape index (κ2) is 7.29. The number of carbonyl (C=O) groups is 1. The lowest BCUT2D eigenvalue weighted by molar-refractivity contribution is -0.120. The number of carbonyl (C=O) groups excluding carboxylic acids is 1. The zero-order valence-corrected chi connectivity index (χ0v) is 12.3. The van der Waals surface area contributed by atoms with Gasteiger partial charge in [0.2, 0.25) is 5.91 Å². The van der Waals surface area contributed by atoms with E-state index in [4.69, 9.17) is 4.74 Å². The summed E-state index contributed by atoms with van der Waals surface area (Å²) < 4.78 is 5.67. The molecule has 1 fully saturated rings. The molecule has 0 radical (unpaired) electrons. The molecule has 1 aromatic carbocycles. The average Bonchev–Trinajstić information content (AvgIpc) is 2.46. The molecule has 0 aromatic heterocycles. The number of rotatable bonds is 5. The first-order valence-corrected chi connectivity index (χ1v) is 7.39. The monoisotopic (exact) mass is 276 g/mol. The summed E-state index contributed by atoms with van der Waals surface area (Å²) in [6, 6.07) is 7.61. The van der Waals surface area contributed by atoms with Gasteiger partial charge < -0.3 is 15.4 Å². The van der Waals surface area contributed by atoms with E-state index in [9.17, 15) is 4.79 Å². The third kappa shape index (κ3) is 4.53. The van der Waals surface area contributed by atoms with E-state index >= 15 is 0 Å². The van der Waals surface area contributed by atoms with Gasteiger partial charge in [0.15, 0.2) is 0 Å². The molecule has 1 heterocycles. The smallest absolute Gasteiger partial charge is 0.228 e. The van der Waals surface area contributed by atoms with Gasteiger partial charge in [-0.3, -0.25) is 4.79 Å². The lowest BCUT2D eigenvalue weighted by atomic mass is 9.99. The highest BCUT2D eigenvalue weighted by atomic mass is 16.5. The lowest BCUT2D eigenvalue weighted by Gasteiger charge is -2.22. The fourth-order valence-corrected chi connectivity index (χ4v) is 2.25. The van der Waals surface area contributed by atoms with E-state index < -0.39 is 0 Å². The number of amides is 1. The van der Waals surface area contributed by atoms with Gasteiger partial charge in [0.05, 0.1) is 12.5 Å². The molecule has 0 aliphatic carbocycles. The molecule has 2 N–H and O–H groups in total. The van der Waals surface area contributed by atoms with Crippen LogP contribution < -0.4 is 15.4 Å². The van der Waals surface area contributed by atoms with Crippen LogP contribution in [0.3, 0.4) is 0 Å². The summed E-state index contributed by atoms with van der Waals surface area (Å²) in [6.07, 6.45) is 2.03. The highest BCUT2D eigenvalue weighted by Crippen LogP contribution is 2.20. The third-order valence-corrected chi connectivity index (χ3v) is 3.35. The highest BCUT2D eigenvalue weighted by Gasteiger charge is 2.20. The van der Waals surface area contributed by atoms with E-state index in [1.54, 1.807) is 0 Å². The molecule has 1 aromatic rings. The highest BCUT2D eigenvalue weighted by molar-refractivity contribution is 5.92. The Hall–Kier alpha value is -1.55. The van der Waals surface area contributed by atoms with Crippen molar-refractivity contribution in [2.24, 2.45) is 11.8 Å². The Morgan fingerprint density at radius 1 is 1.50 bits per heavy atom. The Kier molecular flexibility index (Phi) is 5.41. The molecule has 1 amide bonds. The zero-order chi connectivity index (χ0) is 14.4. The predicted molar refractivity (Wildman–Crippen MR) is 81.0 cm³/mol. The van der Waals surface area contributed by atoms with Crippen LogP contribution >= 0.6 is 0 Å². The quantitative estimate of drug-likeness (QED) is 0.869. The number of benzene rings is 1. The van der Waals surface area contributed by atoms with Gasteiger partial charge in [-0.05, 0) is 37.4 Å². The first-order valence-electron chi connectivity index (χ1n) is 7.39. The van der Waals surface area contributed by atoms with Crippen LogP contribution in [-0.2, 0) is 4.79 Å². The molecule has 0 spiro atoms. The minimum Gasteiger partial charge on any atom is -0.493 e. The SMILES string of the molecule is CC(C)COc1cccc(NC(=O)[C@@H]2CCCNC2)c1. The second-order valence-electron chi connectivity index (χ2n) is 5.77. The maximum atomic E-state index is 12.2. The summed E-state index contributed by atoms with van der Waals surface area (Å²) in [5.74, 6) is 1.46. The van der Waals surface area contributed by atoms with Gasteiger partial charge in [0.1, 0.15) is 5.75 Å². The summed E-state index contributed by atoms with van der Waals surface area (Å²) in [5.41, 5.74) is 0.807. The van der Waals surface area contributed by atoms with Gasteiger partial charge in [-0.1, -0.05) is 19.9 Å². The van der Waals surface area contributed by atoms with E-state index in [0.29, 0.717) is 12.5 Å². The van der Waals surface area contributed by atoms with E-state index in [1.165, 1.54) is 0 Å². The van der Waals surface area contributed by atoms with Gasteiger partial charge >= 0.3 is 0 Å². The van der Waals surface area contributed by atoms with Crippen molar-refractivity contribution in [3.8, 4) is 5.75 Å². The maximum Gasteiger partial charge on any atom is 0.228 e. The van der Waals surface area contributed by atoms with Crippen LogP contribution in [0.4, 0.5) is 5.69 Å². The fraction of sp³-hybridized carbons (Fsp3) is 0.562. The van der Waals surface area contributed by atoms with Gasteiger partial charge in [0.25, 0.3) is 0 Å². The van der Waals surface area contributed by atoms with E-state index in [-0.39, 0.29) is 11.8 Å². The maximum absolute atomic E-state index is 12.2. The molecule has 110 valence electrons. The number of ether oxygens (including phenoxy) is 1. The second-order valence-corrected chi connectivity index (χ2v) is 5.77. The van der Waals surface area contributed by atoms with Crippen LogP contribution in [0.2, 0.25) is 0 Å². The molecule has 1 aliphatic heterocycles. The van der Waals surface area contributed by atoms with E-state index in [2.05, 4.69) is 24.5 Å². The Morgan fingerprint density at radius 3 is 3.05 bits per heavy atom. The number of hydrogen-bond donors (Lipinski definition) is 2. The summed E-state index contributed by atoms with van der Waals surface area (Å²) in [6.45, 7) is 6.70. The van der Waals surface area contributed by atoms with Crippen LogP contribution in [0.1, 0.15) is 26.7 Å². The molecule has 1 aliphatic rings. The largest absolute Gasteiger partial charge is 0.493 e. The molecule has 4 heteroatoms. The van der Waals surface area contributed by atoms with Crippen LogP contribution in [0.15, 0.2) is 24.3 Å². The van der Waals surface area contributed by atoms with Crippen molar-refractivity contribution in [3.63, 3.8) is 0 Å². The topological polar surface area (TPSA) is 50.4 Å². The van der Waals surface area contributed by atoms with Crippen molar-refractivity contribution in [2.45, 2.75) is 26.7 Å². The molecule has 0 saturated carbocycles. The minimum atomic E-state index is 0.0731. The Labute approximate surface area is 120 Å². The molecular weight excluding hydrogens is 252 g/mol. The number of nitrogens with one attached hydrogen (secondary N) is 2. The van der Waals surface area contributed by atoms with Gasteiger partial charge in [-0.25, -0.2) is 0 Å². The van der Waals surface area contributed by atoms with Gasteiger partial charge in [-0.2, -0.15) is 0 Å². The molecule has 1 atom stereocenters. The van der Waals surface area contributed by atoms with Crippen molar-refractivity contribution in [1.29, 1.82) is 0 Å². The normalized spacial score (nSPS) is 18.9. The Balaban J connectivity index is 1.91. The molecule has 4 nitrogen and oxygen atoms in total. The van der Waals surface area contributed by atoms with Gasteiger partial charge in [0, 0.05) is 18.3 Å². The van der Waals surface area contributed by atoms with Crippen molar-refractivity contribution >= 4 is 11.6 Å². The minimum absolute atomic E-state index is 0.0731. The summed E-state index contributed by atoms with van der Waals surface area (Å²) in [5, 5.41) is 6.24. The van der Waals surface area contributed by atoms with Crippen LogP contribution in [0, 0.1) is 11.8 Å². The first-order chi connectivity index (χ1) is 9.65. The molecule has 1 saturated heterocycles. The van der Waals surface area contributed by atoms with Crippen LogP contribution in [0.5, 0.6) is 5.75 Å². The number of piperidine rings is 1. The standard InChI is InChI=1S/C16H24N2O2/c1-12(2)11-20-15-7-3-6-14(9-15)18-16(19)13-5-4-8-17-10-13/h3,6-7,9,12-13,17H,4-5,8,10-11H2,1-2H3,(H,18,19)/t13-/m1/s1. The molecule has 0 unspecified atom stereocenters. The summed E-state index contributed by atoms with van der Waals surface area (Å²) in [4.78, 5) is 12.2. The molecule has 2 rings (SSSR count). The van der Waals surface area contributed by atoms with Crippen LogP contribution in [0.25, 0.3) is 0 Å². The van der Waals surface area contributed by atoms with E-state index in [0.717, 1.165) is 37.4 Å². The van der Waals surface area contributed by atoms with Crippen molar-refractivity contribution in [2.75, 3.05) is 25.0 Å². The molecule has 20 heavy (non-hydrogen) atoms. The number of hydrogen-bond acceptors (Lipinski definition) is 3. The van der Waals surface area contributed by atoms with Crippen molar-refractivity contribution < 1.29 is 9.53 Å². The Bertz CT molecular complexity index is 440. The number of anilines is 1. The molecular formula is C16H24N2O2. The van der Waals surface area contributed by atoms with Gasteiger partial charge in [-0.15, -0.1) is 0 Å².